The summed E-state index contributed by atoms with van der Waals surface area (Å²) in [5, 5.41) is 14.3. The molecule has 1 aromatic rings. The van der Waals surface area contributed by atoms with Crippen molar-refractivity contribution in [3.05, 3.63) is 33.9 Å². The summed E-state index contributed by atoms with van der Waals surface area (Å²) in [5.41, 5.74) is 0.699. The highest BCUT2D eigenvalue weighted by molar-refractivity contribution is 5.99. The number of hydrogen-bond acceptors (Lipinski definition) is 4. The maximum absolute atomic E-state index is 12.5. The third-order valence-corrected chi connectivity index (χ3v) is 3.58. The first-order valence-corrected chi connectivity index (χ1v) is 7.21. The normalized spacial score (nSPS) is 11.8. The lowest BCUT2D eigenvalue weighted by molar-refractivity contribution is -0.385. The van der Waals surface area contributed by atoms with Gasteiger partial charge < -0.3 is 10.2 Å². The van der Waals surface area contributed by atoms with Crippen LogP contribution in [0, 0.1) is 10.1 Å². The summed E-state index contributed by atoms with van der Waals surface area (Å²) in [6.45, 7) is 6.68. The van der Waals surface area contributed by atoms with Crippen LogP contribution in [0.15, 0.2) is 18.2 Å². The molecule has 1 N–H and O–H groups in total. The fourth-order valence-electron chi connectivity index (χ4n) is 1.91. The molecule has 6 heteroatoms. The number of rotatable bonds is 7. The average molecular weight is 293 g/mol. The SMILES string of the molecule is CCCNc1ccc([N+](=O)[O-])c(C(=O)N(C)C(C)CC)c1. The lowest BCUT2D eigenvalue weighted by atomic mass is 10.1. The van der Waals surface area contributed by atoms with Gasteiger partial charge in [0.25, 0.3) is 11.6 Å². The van der Waals surface area contributed by atoms with Crippen LogP contribution < -0.4 is 5.32 Å². The summed E-state index contributed by atoms with van der Waals surface area (Å²) in [6.07, 6.45) is 1.73. The maximum atomic E-state index is 12.5. The molecule has 0 saturated carbocycles. The highest BCUT2D eigenvalue weighted by Gasteiger charge is 2.25. The molecule has 0 fully saturated rings. The Morgan fingerprint density at radius 3 is 2.62 bits per heavy atom. The average Bonchev–Trinajstić information content (AvgIpc) is 2.50. The minimum absolute atomic E-state index is 0.0318. The van der Waals surface area contributed by atoms with E-state index in [1.165, 1.54) is 6.07 Å². The summed E-state index contributed by atoms with van der Waals surface area (Å²) in [4.78, 5) is 24.7. The Labute approximate surface area is 125 Å². The molecule has 6 nitrogen and oxygen atoms in total. The Kier molecular flexibility index (Phi) is 6.14. The van der Waals surface area contributed by atoms with Crippen LogP contribution in [0.25, 0.3) is 0 Å². The number of anilines is 1. The van der Waals surface area contributed by atoms with Crippen LogP contribution in [-0.4, -0.2) is 35.4 Å². The van der Waals surface area contributed by atoms with Gasteiger partial charge in [-0.3, -0.25) is 14.9 Å². The number of nitro benzene ring substituents is 1. The molecule has 0 aliphatic rings. The fourth-order valence-corrected chi connectivity index (χ4v) is 1.91. The Hall–Kier alpha value is -2.11. The predicted octanol–water partition coefficient (Wildman–Crippen LogP) is 3.29. The van der Waals surface area contributed by atoms with E-state index < -0.39 is 4.92 Å². The standard InChI is InChI=1S/C15H23N3O3/c1-5-9-16-12-7-8-14(18(20)21)13(10-12)15(19)17(4)11(3)6-2/h7-8,10-11,16H,5-6,9H2,1-4H3. The first-order valence-electron chi connectivity index (χ1n) is 7.21. The number of nitrogens with zero attached hydrogens (tertiary/aromatic N) is 2. The second-order valence-corrected chi connectivity index (χ2v) is 5.09. The molecule has 0 radical (unpaired) electrons. The van der Waals surface area contributed by atoms with Crippen LogP contribution in [0.2, 0.25) is 0 Å². The van der Waals surface area contributed by atoms with E-state index >= 15 is 0 Å². The largest absolute Gasteiger partial charge is 0.385 e. The first-order chi connectivity index (χ1) is 9.92. The van der Waals surface area contributed by atoms with E-state index in [-0.39, 0.29) is 23.2 Å². The Balaban J connectivity index is 3.16. The maximum Gasteiger partial charge on any atom is 0.282 e. The molecular formula is C15H23N3O3. The van der Waals surface area contributed by atoms with Gasteiger partial charge in [0, 0.05) is 31.4 Å². The molecule has 21 heavy (non-hydrogen) atoms. The lowest BCUT2D eigenvalue weighted by Gasteiger charge is -2.24. The van der Waals surface area contributed by atoms with Crippen LogP contribution in [-0.2, 0) is 0 Å². The van der Waals surface area contributed by atoms with Crippen LogP contribution in [0.5, 0.6) is 0 Å². The topological polar surface area (TPSA) is 75.5 Å². The van der Waals surface area contributed by atoms with Crippen molar-refractivity contribution in [2.45, 2.75) is 39.7 Å². The smallest absolute Gasteiger partial charge is 0.282 e. The molecule has 1 aromatic carbocycles. The number of hydrogen-bond donors (Lipinski definition) is 1. The van der Waals surface area contributed by atoms with Crippen molar-refractivity contribution >= 4 is 17.3 Å². The summed E-state index contributed by atoms with van der Waals surface area (Å²) < 4.78 is 0. The Morgan fingerprint density at radius 1 is 1.43 bits per heavy atom. The molecule has 1 rings (SSSR count). The minimum Gasteiger partial charge on any atom is -0.385 e. The Bertz CT molecular complexity index is 517. The number of nitrogens with one attached hydrogen (secondary N) is 1. The van der Waals surface area contributed by atoms with E-state index in [9.17, 15) is 14.9 Å². The first kappa shape index (κ1) is 16.9. The molecule has 0 saturated heterocycles. The fraction of sp³-hybridized carbons (Fsp3) is 0.533. The summed E-state index contributed by atoms with van der Waals surface area (Å²) in [6, 6.07) is 4.61. The van der Waals surface area contributed by atoms with Crippen molar-refractivity contribution in [1.82, 2.24) is 4.90 Å². The van der Waals surface area contributed by atoms with E-state index in [4.69, 9.17) is 0 Å². The highest BCUT2D eigenvalue weighted by atomic mass is 16.6. The molecule has 0 heterocycles. The van der Waals surface area contributed by atoms with Gasteiger partial charge in [-0.15, -0.1) is 0 Å². The summed E-state index contributed by atoms with van der Waals surface area (Å²) >= 11 is 0. The van der Waals surface area contributed by atoms with Crippen LogP contribution >= 0.6 is 0 Å². The van der Waals surface area contributed by atoms with Gasteiger partial charge in [-0.25, -0.2) is 0 Å². The third kappa shape index (κ3) is 4.18. The van der Waals surface area contributed by atoms with E-state index in [0.29, 0.717) is 0 Å². The highest BCUT2D eigenvalue weighted by Crippen LogP contribution is 2.24. The van der Waals surface area contributed by atoms with Gasteiger partial charge in [0.05, 0.1) is 4.92 Å². The molecular weight excluding hydrogens is 270 g/mol. The van der Waals surface area contributed by atoms with E-state index in [1.54, 1.807) is 24.1 Å². The number of carbonyl (C=O) groups excluding carboxylic acids is 1. The van der Waals surface area contributed by atoms with Crippen molar-refractivity contribution in [3.63, 3.8) is 0 Å². The number of carbonyl (C=O) groups is 1. The zero-order valence-electron chi connectivity index (χ0n) is 13.0. The van der Waals surface area contributed by atoms with Gasteiger partial charge in [-0.1, -0.05) is 13.8 Å². The van der Waals surface area contributed by atoms with Gasteiger partial charge >= 0.3 is 0 Å². The van der Waals surface area contributed by atoms with Crippen molar-refractivity contribution < 1.29 is 9.72 Å². The molecule has 1 amide bonds. The van der Waals surface area contributed by atoms with Gasteiger partial charge in [-0.2, -0.15) is 0 Å². The van der Waals surface area contributed by atoms with Crippen molar-refractivity contribution in [3.8, 4) is 0 Å². The van der Waals surface area contributed by atoms with Crippen LogP contribution in [0.1, 0.15) is 44.0 Å². The number of amides is 1. The van der Waals surface area contributed by atoms with Gasteiger partial charge in [0.1, 0.15) is 5.56 Å². The molecule has 0 aliphatic carbocycles. The van der Waals surface area contributed by atoms with E-state index in [0.717, 1.165) is 25.1 Å². The quantitative estimate of drug-likeness (QED) is 0.618. The van der Waals surface area contributed by atoms with Crippen molar-refractivity contribution in [2.24, 2.45) is 0 Å². The van der Waals surface area contributed by atoms with Crippen molar-refractivity contribution in [1.29, 1.82) is 0 Å². The molecule has 1 unspecified atom stereocenters. The molecule has 0 bridgehead atoms. The van der Waals surface area contributed by atoms with Gasteiger partial charge in [-0.05, 0) is 31.9 Å². The van der Waals surface area contributed by atoms with E-state index in [1.807, 2.05) is 20.8 Å². The second-order valence-electron chi connectivity index (χ2n) is 5.09. The summed E-state index contributed by atoms with van der Waals surface area (Å²) in [7, 11) is 1.67. The number of benzene rings is 1. The zero-order valence-corrected chi connectivity index (χ0v) is 13.0. The molecule has 0 spiro atoms. The Morgan fingerprint density at radius 2 is 2.10 bits per heavy atom. The molecule has 116 valence electrons. The van der Waals surface area contributed by atoms with Gasteiger partial charge in [0.15, 0.2) is 0 Å². The zero-order chi connectivity index (χ0) is 16.0. The monoisotopic (exact) mass is 293 g/mol. The van der Waals surface area contributed by atoms with Crippen LogP contribution in [0.3, 0.4) is 0 Å². The molecule has 0 aromatic heterocycles. The van der Waals surface area contributed by atoms with Gasteiger partial charge in [0.2, 0.25) is 0 Å². The van der Waals surface area contributed by atoms with Crippen molar-refractivity contribution in [2.75, 3.05) is 18.9 Å². The van der Waals surface area contributed by atoms with Crippen LogP contribution in [0.4, 0.5) is 11.4 Å². The minimum atomic E-state index is -0.513. The third-order valence-electron chi connectivity index (χ3n) is 3.58. The molecule has 0 aliphatic heterocycles. The predicted molar refractivity (Wildman–Crippen MR) is 83.7 cm³/mol. The van der Waals surface area contributed by atoms with E-state index in [2.05, 4.69) is 5.32 Å². The lowest BCUT2D eigenvalue weighted by Crippen LogP contribution is -2.35. The summed E-state index contributed by atoms with van der Waals surface area (Å²) in [5.74, 6) is -0.323. The second kappa shape index (κ2) is 7.61. The molecule has 1 atom stereocenters. The number of nitro groups is 1.